The number of benzene rings is 2. The van der Waals surface area contributed by atoms with E-state index in [4.69, 9.17) is 4.74 Å². The monoisotopic (exact) mass is 351 g/mol. The minimum atomic E-state index is -1.16. The van der Waals surface area contributed by atoms with E-state index in [1.165, 1.54) is 12.1 Å². The highest BCUT2D eigenvalue weighted by Crippen LogP contribution is 2.33. The van der Waals surface area contributed by atoms with Gasteiger partial charge in [-0.3, -0.25) is 4.98 Å². The number of aliphatic hydroxyl groups is 1. The van der Waals surface area contributed by atoms with Gasteiger partial charge in [-0.1, -0.05) is 37.3 Å². The Morgan fingerprint density at radius 2 is 1.58 bits per heavy atom. The van der Waals surface area contributed by atoms with E-state index < -0.39 is 5.60 Å². The highest BCUT2D eigenvalue weighted by atomic mass is 19.1. The van der Waals surface area contributed by atoms with Crippen molar-refractivity contribution in [2.24, 2.45) is 0 Å². The lowest BCUT2D eigenvalue weighted by atomic mass is 9.84. The molecule has 26 heavy (non-hydrogen) atoms. The van der Waals surface area contributed by atoms with Crippen LogP contribution < -0.4 is 4.74 Å². The van der Waals surface area contributed by atoms with Crippen LogP contribution in [0.4, 0.5) is 4.39 Å². The van der Waals surface area contributed by atoms with Crippen molar-refractivity contribution in [2.75, 3.05) is 0 Å². The van der Waals surface area contributed by atoms with E-state index in [-0.39, 0.29) is 5.82 Å². The van der Waals surface area contributed by atoms with Crippen LogP contribution in [0.25, 0.3) is 0 Å². The van der Waals surface area contributed by atoms with E-state index in [9.17, 15) is 9.50 Å². The SMILES string of the molecule is CCC(O)(c1ccc(F)cc1)c1ccc(OCc2cccc(C)n2)cc1. The lowest BCUT2D eigenvalue weighted by Gasteiger charge is -2.28. The van der Waals surface area contributed by atoms with Crippen molar-refractivity contribution in [1.82, 2.24) is 4.98 Å². The van der Waals surface area contributed by atoms with Gasteiger partial charge in [-0.2, -0.15) is 0 Å². The summed E-state index contributed by atoms with van der Waals surface area (Å²) in [6, 6.07) is 19.1. The number of hydrogen-bond donors (Lipinski definition) is 1. The standard InChI is InChI=1S/C22H22FNO2/c1-3-22(25,17-7-11-19(23)12-8-17)18-9-13-21(14-10-18)26-15-20-6-4-5-16(2)24-20/h4-14,25H,3,15H2,1-2H3. The molecule has 0 bridgehead atoms. The van der Waals surface area contributed by atoms with Gasteiger partial charge in [0.15, 0.2) is 0 Å². The number of rotatable bonds is 6. The topological polar surface area (TPSA) is 42.4 Å². The fourth-order valence-electron chi connectivity index (χ4n) is 2.96. The molecule has 0 spiro atoms. The van der Waals surface area contributed by atoms with Gasteiger partial charge in [0, 0.05) is 5.69 Å². The fourth-order valence-corrected chi connectivity index (χ4v) is 2.96. The molecule has 0 aliphatic carbocycles. The van der Waals surface area contributed by atoms with E-state index in [0.29, 0.717) is 24.3 Å². The molecule has 134 valence electrons. The molecule has 0 radical (unpaired) electrons. The normalized spacial score (nSPS) is 13.2. The summed E-state index contributed by atoms with van der Waals surface area (Å²) in [4.78, 5) is 4.41. The number of nitrogens with zero attached hydrogens (tertiary/aromatic N) is 1. The van der Waals surface area contributed by atoms with Crippen LogP contribution in [0.3, 0.4) is 0 Å². The summed E-state index contributed by atoms with van der Waals surface area (Å²) in [5.41, 5.74) is 2.07. The van der Waals surface area contributed by atoms with Crippen LogP contribution in [0, 0.1) is 12.7 Å². The van der Waals surface area contributed by atoms with Crippen molar-refractivity contribution >= 4 is 0 Å². The van der Waals surface area contributed by atoms with Crippen molar-refractivity contribution in [1.29, 1.82) is 0 Å². The Morgan fingerprint density at radius 1 is 0.962 bits per heavy atom. The predicted molar refractivity (Wildman–Crippen MR) is 99.4 cm³/mol. The summed E-state index contributed by atoms with van der Waals surface area (Å²) >= 11 is 0. The Bertz CT molecular complexity index is 862. The van der Waals surface area contributed by atoms with Gasteiger partial charge < -0.3 is 9.84 Å². The van der Waals surface area contributed by atoms with Crippen molar-refractivity contribution < 1.29 is 14.2 Å². The minimum absolute atomic E-state index is 0.319. The summed E-state index contributed by atoms with van der Waals surface area (Å²) < 4.78 is 19.0. The molecule has 1 heterocycles. The molecule has 0 amide bonds. The molecule has 0 saturated carbocycles. The minimum Gasteiger partial charge on any atom is -0.487 e. The highest BCUT2D eigenvalue weighted by Gasteiger charge is 2.29. The van der Waals surface area contributed by atoms with Crippen LogP contribution in [0.1, 0.15) is 35.9 Å². The molecule has 1 aromatic heterocycles. The summed E-state index contributed by atoms with van der Waals surface area (Å²) in [5.74, 6) is 0.385. The number of aromatic nitrogens is 1. The van der Waals surface area contributed by atoms with Crippen LogP contribution in [-0.2, 0) is 12.2 Å². The second kappa shape index (κ2) is 7.67. The number of ether oxygens (including phenoxy) is 1. The first-order chi connectivity index (χ1) is 12.5. The first-order valence-corrected chi connectivity index (χ1v) is 8.65. The van der Waals surface area contributed by atoms with E-state index in [0.717, 1.165) is 17.0 Å². The summed E-state index contributed by atoms with van der Waals surface area (Å²) in [6.07, 6.45) is 0.478. The van der Waals surface area contributed by atoms with Gasteiger partial charge >= 0.3 is 0 Å². The lowest BCUT2D eigenvalue weighted by molar-refractivity contribution is 0.0764. The van der Waals surface area contributed by atoms with Crippen LogP contribution in [0.5, 0.6) is 5.75 Å². The van der Waals surface area contributed by atoms with Gasteiger partial charge in [-0.05, 0) is 60.9 Å². The Kier molecular flexibility index (Phi) is 5.33. The number of hydrogen-bond acceptors (Lipinski definition) is 3. The van der Waals surface area contributed by atoms with Crippen molar-refractivity contribution in [3.8, 4) is 5.75 Å². The maximum Gasteiger partial charge on any atom is 0.130 e. The zero-order valence-corrected chi connectivity index (χ0v) is 14.9. The first-order valence-electron chi connectivity index (χ1n) is 8.65. The van der Waals surface area contributed by atoms with Crippen LogP contribution in [0.2, 0.25) is 0 Å². The van der Waals surface area contributed by atoms with Gasteiger partial charge in [0.2, 0.25) is 0 Å². The molecule has 1 atom stereocenters. The number of aryl methyl sites for hydroxylation is 1. The zero-order valence-electron chi connectivity index (χ0n) is 14.9. The summed E-state index contributed by atoms with van der Waals surface area (Å²) in [7, 11) is 0. The average Bonchev–Trinajstić information content (AvgIpc) is 2.67. The zero-order chi connectivity index (χ0) is 18.6. The van der Waals surface area contributed by atoms with E-state index in [1.807, 2.05) is 56.3 Å². The Morgan fingerprint density at radius 3 is 2.15 bits per heavy atom. The largest absolute Gasteiger partial charge is 0.487 e. The Balaban J connectivity index is 1.76. The molecule has 1 unspecified atom stereocenters. The van der Waals surface area contributed by atoms with E-state index in [1.54, 1.807) is 12.1 Å². The third kappa shape index (κ3) is 3.92. The molecule has 4 heteroatoms. The summed E-state index contributed by atoms with van der Waals surface area (Å²) in [6.45, 7) is 4.23. The Labute approximate surface area is 153 Å². The van der Waals surface area contributed by atoms with Gasteiger partial charge in [0.25, 0.3) is 0 Å². The summed E-state index contributed by atoms with van der Waals surface area (Å²) in [5, 5.41) is 11.1. The maximum atomic E-state index is 13.2. The second-order valence-corrected chi connectivity index (χ2v) is 6.30. The number of halogens is 1. The third-order valence-corrected chi connectivity index (χ3v) is 4.50. The molecule has 3 nitrogen and oxygen atoms in total. The molecule has 0 aliphatic rings. The van der Waals surface area contributed by atoms with Crippen molar-refractivity contribution in [3.63, 3.8) is 0 Å². The Hall–Kier alpha value is -2.72. The average molecular weight is 351 g/mol. The van der Waals surface area contributed by atoms with Gasteiger partial charge in [0.1, 0.15) is 23.8 Å². The quantitative estimate of drug-likeness (QED) is 0.697. The molecule has 3 aromatic rings. The van der Waals surface area contributed by atoms with Crippen molar-refractivity contribution in [2.45, 2.75) is 32.5 Å². The van der Waals surface area contributed by atoms with Crippen LogP contribution in [-0.4, -0.2) is 10.1 Å². The smallest absolute Gasteiger partial charge is 0.130 e. The first kappa shape index (κ1) is 18.1. The maximum absolute atomic E-state index is 13.2. The molecule has 0 saturated heterocycles. The molecular formula is C22H22FNO2. The fraction of sp³-hybridized carbons (Fsp3) is 0.227. The van der Waals surface area contributed by atoms with E-state index in [2.05, 4.69) is 4.98 Å². The van der Waals surface area contributed by atoms with Gasteiger partial charge in [-0.25, -0.2) is 4.39 Å². The van der Waals surface area contributed by atoms with Gasteiger partial charge in [0.05, 0.1) is 5.69 Å². The molecule has 3 rings (SSSR count). The number of pyridine rings is 1. The van der Waals surface area contributed by atoms with Crippen LogP contribution in [0.15, 0.2) is 66.7 Å². The van der Waals surface area contributed by atoms with E-state index >= 15 is 0 Å². The molecule has 1 N–H and O–H groups in total. The third-order valence-electron chi connectivity index (χ3n) is 4.50. The molecule has 0 fully saturated rings. The lowest BCUT2D eigenvalue weighted by Crippen LogP contribution is -2.26. The predicted octanol–water partition coefficient (Wildman–Crippen LogP) is 4.75. The second-order valence-electron chi connectivity index (χ2n) is 6.30. The van der Waals surface area contributed by atoms with Crippen molar-refractivity contribution in [3.05, 3.63) is 95.1 Å². The molecule has 2 aromatic carbocycles. The van der Waals surface area contributed by atoms with Crippen LogP contribution >= 0.6 is 0 Å². The highest BCUT2D eigenvalue weighted by molar-refractivity contribution is 5.38. The van der Waals surface area contributed by atoms with Gasteiger partial charge in [-0.15, -0.1) is 0 Å². The molecular weight excluding hydrogens is 329 g/mol. The molecule has 0 aliphatic heterocycles.